The van der Waals surface area contributed by atoms with Crippen LogP contribution in [0.15, 0.2) is 18.2 Å². The first-order valence-corrected chi connectivity index (χ1v) is 6.76. The number of nitrogens with one attached hydrogen (secondary N) is 2. The second-order valence-corrected chi connectivity index (χ2v) is 5.43. The molecule has 1 aromatic rings. The first kappa shape index (κ1) is 16.3. The van der Waals surface area contributed by atoms with Gasteiger partial charge in [-0.1, -0.05) is 25.4 Å². The van der Waals surface area contributed by atoms with Crippen LogP contribution in [0, 0.1) is 5.92 Å². The van der Waals surface area contributed by atoms with Gasteiger partial charge in [0.1, 0.15) is 11.8 Å². The largest absolute Gasteiger partial charge is 0.507 e. The molecule has 1 aromatic carbocycles. The van der Waals surface area contributed by atoms with Gasteiger partial charge < -0.3 is 15.7 Å². The lowest BCUT2D eigenvalue weighted by Crippen LogP contribution is -2.45. The van der Waals surface area contributed by atoms with E-state index >= 15 is 0 Å². The number of carbonyl (C=O) groups is 2. The summed E-state index contributed by atoms with van der Waals surface area (Å²) in [6, 6.07) is 3.50. The number of benzene rings is 1. The summed E-state index contributed by atoms with van der Waals surface area (Å²) >= 11 is 5.69. The van der Waals surface area contributed by atoms with Crippen LogP contribution in [0.1, 0.15) is 31.1 Å². The fourth-order valence-electron chi connectivity index (χ4n) is 1.49. The van der Waals surface area contributed by atoms with Crippen molar-refractivity contribution in [2.45, 2.75) is 26.8 Å². The zero-order valence-electron chi connectivity index (χ0n) is 11.7. The van der Waals surface area contributed by atoms with Gasteiger partial charge in [0.05, 0.1) is 5.56 Å². The molecule has 0 heterocycles. The lowest BCUT2D eigenvalue weighted by Gasteiger charge is -2.15. The van der Waals surface area contributed by atoms with Crippen molar-refractivity contribution in [1.29, 1.82) is 0 Å². The van der Waals surface area contributed by atoms with Gasteiger partial charge >= 0.3 is 0 Å². The van der Waals surface area contributed by atoms with Crippen molar-refractivity contribution < 1.29 is 14.7 Å². The highest BCUT2D eigenvalue weighted by atomic mass is 35.5. The molecule has 0 aliphatic heterocycles. The van der Waals surface area contributed by atoms with Crippen LogP contribution in [-0.2, 0) is 4.79 Å². The van der Waals surface area contributed by atoms with Gasteiger partial charge in [0.15, 0.2) is 0 Å². The molecule has 0 radical (unpaired) electrons. The van der Waals surface area contributed by atoms with Crippen LogP contribution in [-0.4, -0.2) is 29.5 Å². The Bertz CT molecular complexity index is 503. The fraction of sp³-hybridized carbons (Fsp3) is 0.429. The van der Waals surface area contributed by atoms with E-state index in [9.17, 15) is 14.7 Å². The molecule has 0 spiro atoms. The predicted octanol–water partition coefficient (Wildman–Crippen LogP) is 1.94. The second kappa shape index (κ2) is 7.14. The lowest BCUT2D eigenvalue weighted by atomic mass is 10.1. The fourth-order valence-corrected chi connectivity index (χ4v) is 1.66. The van der Waals surface area contributed by atoms with E-state index in [2.05, 4.69) is 10.6 Å². The number of phenols is 1. The monoisotopic (exact) mass is 298 g/mol. The molecule has 3 N–H and O–H groups in total. The number of rotatable bonds is 5. The van der Waals surface area contributed by atoms with Crippen LogP contribution >= 0.6 is 11.6 Å². The molecule has 2 amide bonds. The van der Waals surface area contributed by atoms with E-state index in [0.29, 0.717) is 17.5 Å². The molecule has 1 unspecified atom stereocenters. The first-order chi connectivity index (χ1) is 9.31. The summed E-state index contributed by atoms with van der Waals surface area (Å²) in [6.07, 6.45) is 0. The maximum Gasteiger partial charge on any atom is 0.255 e. The number of carbonyl (C=O) groups excluding carboxylic acids is 2. The van der Waals surface area contributed by atoms with Crippen molar-refractivity contribution >= 4 is 23.4 Å². The zero-order chi connectivity index (χ0) is 15.3. The van der Waals surface area contributed by atoms with Crippen LogP contribution in [0.25, 0.3) is 0 Å². The summed E-state index contributed by atoms with van der Waals surface area (Å²) in [6.45, 7) is 6.09. The predicted molar refractivity (Wildman–Crippen MR) is 77.9 cm³/mol. The molecule has 0 aliphatic rings. The van der Waals surface area contributed by atoms with Crippen molar-refractivity contribution in [2.24, 2.45) is 5.92 Å². The molecule has 110 valence electrons. The van der Waals surface area contributed by atoms with E-state index in [4.69, 9.17) is 11.6 Å². The van der Waals surface area contributed by atoms with E-state index in [1.165, 1.54) is 18.2 Å². The molecule has 1 atom stereocenters. The summed E-state index contributed by atoms with van der Waals surface area (Å²) in [4.78, 5) is 23.7. The highest BCUT2D eigenvalue weighted by molar-refractivity contribution is 6.30. The Kier molecular flexibility index (Phi) is 5.82. The van der Waals surface area contributed by atoms with Crippen molar-refractivity contribution in [2.75, 3.05) is 6.54 Å². The van der Waals surface area contributed by atoms with Crippen LogP contribution in [0.5, 0.6) is 5.75 Å². The van der Waals surface area contributed by atoms with Crippen molar-refractivity contribution in [1.82, 2.24) is 10.6 Å². The Morgan fingerprint density at radius 1 is 1.30 bits per heavy atom. The summed E-state index contributed by atoms with van der Waals surface area (Å²) in [5.41, 5.74) is 0.0814. The Morgan fingerprint density at radius 2 is 1.95 bits per heavy atom. The van der Waals surface area contributed by atoms with Gasteiger partial charge in [-0.05, 0) is 31.0 Å². The molecular formula is C14H19ClN2O3. The number of phenolic OH excluding ortho intramolecular Hbond substituents is 1. The van der Waals surface area contributed by atoms with Gasteiger partial charge in [0, 0.05) is 11.6 Å². The Hall–Kier alpha value is -1.75. The molecule has 0 saturated carbocycles. The quantitative estimate of drug-likeness (QED) is 0.777. The van der Waals surface area contributed by atoms with E-state index in [-0.39, 0.29) is 17.2 Å². The second-order valence-electron chi connectivity index (χ2n) is 5.00. The third-order valence-electron chi connectivity index (χ3n) is 2.63. The van der Waals surface area contributed by atoms with Gasteiger partial charge in [-0.2, -0.15) is 0 Å². The van der Waals surface area contributed by atoms with Crippen LogP contribution in [0.2, 0.25) is 5.02 Å². The molecule has 6 heteroatoms. The zero-order valence-corrected chi connectivity index (χ0v) is 12.5. The summed E-state index contributed by atoms with van der Waals surface area (Å²) < 4.78 is 0. The SMILES string of the molecule is CC(C)CNC(=O)C(C)NC(=O)c1ccc(Cl)cc1O. The average molecular weight is 299 g/mol. The smallest absolute Gasteiger partial charge is 0.255 e. The average Bonchev–Trinajstić information content (AvgIpc) is 2.35. The minimum atomic E-state index is -0.684. The minimum absolute atomic E-state index is 0.0814. The van der Waals surface area contributed by atoms with Crippen molar-refractivity contribution in [3.8, 4) is 5.75 Å². The number of aromatic hydroxyl groups is 1. The molecule has 5 nitrogen and oxygen atoms in total. The molecular weight excluding hydrogens is 280 g/mol. The molecule has 0 aromatic heterocycles. The highest BCUT2D eigenvalue weighted by Crippen LogP contribution is 2.21. The van der Waals surface area contributed by atoms with Crippen molar-refractivity contribution in [3.05, 3.63) is 28.8 Å². The maximum atomic E-state index is 11.9. The number of amides is 2. The summed E-state index contributed by atoms with van der Waals surface area (Å²) in [7, 11) is 0. The summed E-state index contributed by atoms with van der Waals surface area (Å²) in [5, 5.41) is 15.2. The van der Waals surface area contributed by atoms with Crippen LogP contribution < -0.4 is 10.6 Å². The third kappa shape index (κ3) is 4.74. The van der Waals surface area contributed by atoms with Gasteiger partial charge in [-0.15, -0.1) is 0 Å². The molecule has 0 fully saturated rings. The van der Waals surface area contributed by atoms with E-state index in [1.807, 2.05) is 13.8 Å². The number of hydrogen-bond donors (Lipinski definition) is 3. The molecule has 0 saturated heterocycles. The third-order valence-corrected chi connectivity index (χ3v) is 2.86. The van der Waals surface area contributed by atoms with Crippen molar-refractivity contribution in [3.63, 3.8) is 0 Å². The first-order valence-electron chi connectivity index (χ1n) is 6.38. The van der Waals surface area contributed by atoms with E-state index in [0.717, 1.165) is 0 Å². The molecule has 1 rings (SSSR count). The Balaban J connectivity index is 2.63. The van der Waals surface area contributed by atoms with Gasteiger partial charge in [0.25, 0.3) is 5.91 Å². The lowest BCUT2D eigenvalue weighted by molar-refractivity contribution is -0.122. The van der Waals surface area contributed by atoms with E-state index < -0.39 is 11.9 Å². The molecule has 0 bridgehead atoms. The van der Waals surface area contributed by atoms with E-state index in [1.54, 1.807) is 6.92 Å². The highest BCUT2D eigenvalue weighted by Gasteiger charge is 2.18. The van der Waals surface area contributed by atoms with Crippen LogP contribution in [0.3, 0.4) is 0 Å². The van der Waals surface area contributed by atoms with Gasteiger partial charge in [0.2, 0.25) is 5.91 Å². The number of halogens is 1. The molecule has 0 aliphatic carbocycles. The number of hydrogen-bond acceptors (Lipinski definition) is 3. The standard InChI is InChI=1S/C14H19ClN2O3/c1-8(2)7-16-13(19)9(3)17-14(20)11-5-4-10(15)6-12(11)18/h4-6,8-9,18H,7H2,1-3H3,(H,16,19)(H,17,20). The normalized spacial score (nSPS) is 12.1. The van der Waals surface area contributed by atoms with Crippen LogP contribution in [0.4, 0.5) is 0 Å². The summed E-state index contributed by atoms with van der Waals surface area (Å²) in [5.74, 6) is -0.668. The van der Waals surface area contributed by atoms with Gasteiger partial charge in [-0.3, -0.25) is 9.59 Å². The Morgan fingerprint density at radius 3 is 2.50 bits per heavy atom. The Labute approximate surface area is 123 Å². The minimum Gasteiger partial charge on any atom is -0.507 e. The molecule has 20 heavy (non-hydrogen) atoms. The maximum absolute atomic E-state index is 11.9. The van der Waals surface area contributed by atoms with Gasteiger partial charge in [-0.25, -0.2) is 0 Å². The topological polar surface area (TPSA) is 78.4 Å².